The van der Waals surface area contributed by atoms with Crippen LogP contribution in [0.4, 0.5) is 23.8 Å². The topological polar surface area (TPSA) is 121 Å². The lowest BCUT2D eigenvalue weighted by molar-refractivity contribution is -0.137. The zero-order valence-electron chi connectivity index (χ0n) is 15.8. The lowest BCUT2D eigenvalue weighted by atomic mass is 9.72. The Morgan fingerprint density at radius 1 is 1.20 bits per heavy atom. The van der Waals surface area contributed by atoms with Crippen LogP contribution in [-0.4, -0.2) is 51.6 Å². The van der Waals surface area contributed by atoms with Crippen LogP contribution in [0.3, 0.4) is 0 Å². The van der Waals surface area contributed by atoms with Crippen molar-refractivity contribution in [2.45, 2.75) is 24.4 Å². The quantitative estimate of drug-likeness (QED) is 0.695. The number of alkyl halides is 3. The van der Waals surface area contributed by atoms with Gasteiger partial charge in [0.1, 0.15) is 0 Å². The second-order valence-electron chi connectivity index (χ2n) is 7.10. The molecule has 0 aliphatic carbocycles. The molecule has 1 saturated heterocycles. The van der Waals surface area contributed by atoms with Crippen LogP contribution in [0.15, 0.2) is 36.7 Å². The van der Waals surface area contributed by atoms with Gasteiger partial charge in [0.15, 0.2) is 11.5 Å². The summed E-state index contributed by atoms with van der Waals surface area (Å²) in [6.45, 7) is 0.264. The lowest BCUT2D eigenvalue weighted by Crippen LogP contribution is -2.50. The van der Waals surface area contributed by atoms with Crippen molar-refractivity contribution in [3.63, 3.8) is 0 Å². The summed E-state index contributed by atoms with van der Waals surface area (Å²) in [6, 6.07) is 4.90. The Balaban J connectivity index is 1.89. The molecule has 1 aliphatic rings. The van der Waals surface area contributed by atoms with E-state index in [1.165, 1.54) is 23.4 Å². The third kappa shape index (κ3) is 4.44. The Morgan fingerprint density at radius 2 is 1.87 bits per heavy atom. The number of carboxylic acid groups (broad SMARTS) is 1. The number of nitrogens with zero attached hydrogens (tertiary/aromatic N) is 3. The molecule has 3 rings (SSSR count). The number of carbonyl (C=O) groups excluding carboxylic acids is 1. The Morgan fingerprint density at radius 3 is 2.47 bits per heavy atom. The average Bonchev–Trinajstić information content (AvgIpc) is 2.72. The largest absolute Gasteiger partial charge is 0.465 e. The SMILES string of the molecule is Nc1nccnc1C(=O)NCC1(c2cccc(C(F)(F)F)c2)CCN(C(=O)O)CC1. The minimum absolute atomic E-state index is 0.00336. The van der Waals surface area contributed by atoms with Gasteiger partial charge >= 0.3 is 12.3 Å². The number of piperidine rings is 1. The van der Waals surface area contributed by atoms with Crippen molar-refractivity contribution >= 4 is 17.8 Å². The molecule has 0 unspecified atom stereocenters. The minimum Gasteiger partial charge on any atom is -0.465 e. The van der Waals surface area contributed by atoms with E-state index in [9.17, 15) is 27.9 Å². The van der Waals surface area contributed by atoms with E-state index in [4.69, 9.17) is 5.73 Å². The number of amides is 2. The van der Waals surface area contributed by atoms with Crippen LogP contribution in [0.5, 0.6) is 0 Å². The normalized spacial score (nSPS) is 16.2. The van der Waals surface area contributed by atoms with Crippen LogP contribution >= 0.6 is 0 Å². The summed E-state index contributed by atoms with van der Waals surface area (Å²) in [4.78, 5) is 32.6. The zero-order chi connectivity index (χ0) is 21.9. The monoisotopic (exact) mass is 423 g/mol. The molecule has 30 heavy (non-hydrogen) atoms. The fourth-order valence-corrected chi connectivity index (χ4v) is 3.58. The molecule has 1 aliphatic heterocycles. The molecular formula is C19H20F3N5O3. The fraction of sp³-hybridized carbons (Fsp3) is 0.368. The summed E-state index contributed by atoms with van der Waals surface area (Å²) in [7, 11) is 0. The molecule has 2 aromatic rings. The van der Waals surface area contributed by atoms with E-state index < -0.39 is 29.2 Å². The average molecular weight is 423 g/mol. The van der Waals surface area contributed by atoms with Crippen LogP contribution in [0, 0.1) is 0 Å². The molecular weight excluding hydrogens is 403 g/mol. The van der Waals surface area contributed by atoms with Gasteiger partial charge in [0.2, 0.25) is 0 Å². The predicted octanol–water partition coefficient (Wildman–Crippen LogP) is 2.52. The molecule has 0 radical (unpaired) electrons. The number of halogens is 3. The van der Waals surface area contributed by atoms with E-state index >= 15 is 0 Å². The maximum absolute atomic E-state index is 13.2. The van der Waals surface area contributed by atoms with Crippen molar-refractivity contribution in [2.24, 2.45) is 0 Å². The third-order valence-electron chi connectivity index (χ3n) is 5.32. The first-order valence-corrected chi connectivity index (χ1v) is 9.13. The number of hydrogen-bond acceptors (Lipinski definition) is 5. The van der Waals surface area contributed by atoms with Crippen LogP contribution in [0.25, 0.3) is 0 Å². The maximum Gasteiger partial charge on any atom is 0.416 e. The Hall–Kier alpha value is -3.37. The van der Waals surface area contributed by atoms with E-state index in [-0.39, 0.29) is 44.0 Å². The van der Waals surface area contributed by atoms with E-state index in [0.717, 1.165) is 12.1 Å². The van der Waals surface area contributed by atoms with E-state index in [1.54, 1.807) is 6.07 Å². The van der Waals surface area contributed by atoms with Crippen molar-refractivity contribution in [2.75, 3.05) is 25.4 Å². The van der Waals surface area contributed by atoms with E-state index in [0.29, 0.717) is 5.56 Å². The highest BCUT2D eigenvalue weighted by Crippen LogP contribution is 2.38. The second-order valence-corrected chi connectivity index (χ2v) is 7.10. The summed E-state index contributed by atoms with van der Waals surface area (Å²) in [5.41, 5.74) is 4.29. The molecule has 8 nitrogen and oxygen atoms in total. The van der Waals surface area contributed by atoms with Crippen LogP contribution in [0.2, 0.25) is 0 Å². The molecule has 0 spiro atoms. The molecule has 2 heterocycles. The molecule has 1 aromatic carbocycles. The highest BCUT2D eigenvalue weighted by atomic mass is 19.4. The molecule has 0 bridgehead atoms. The number of benzene rings is 1. The first-order chi connectivity index (χ1) is 14.1. The number of carbonyl (C=O) groups is 2. The van der Waals surface area contributed by atoms with Crippen molar-refractivity contribution < 1.29 is 27.9 Å². The number of nitrogens with two attached hydrogens (primary N) is 1. The number of nitrogens with one attached hydrogen (secondary N) is 1. The summed E-state index contributed by atoms with van der Waals surface area (Å²) < 4.78 is 39.7. The maximum atomic E-state index is 13.2. The second kappa shape index (κ2) is 8.17. The summed E-state index contributed by atoms with van der Waals surface area (Å²) in [6.07, 6.45) is -2.48. The van der Waals surface area contributed by atoms with Gasteiger partial charge in [0.05, 0.1) is 5.56 Å². The molecule has 0 atom stereocenters. The molecule has 1 aromatic heterocycles. The van der Waals surface area contributed by atoms with Gasteiger partial charge in [-0.1, -0.05) is 18.2 Å². The fourth-order valence-electron chi connectivity index (χ4n) is 3.58. The number of aromatic nitrogens is 2. The zero-order valence-corrected chi connectivity index (χ0v) is 15.8. The number of rotatable bonds is 4. The molecule has 1 fully saturated rings. The van der Waals surface area contributed by atoms with Crippen LogP contribution in [-0.2, 0) is 11.6 Å². The molecule has 160 valence electrons. The van der Waals surface area contributed by atoms with Gasteiger partial charge in [-0.3, -0.25) is 4.79 Å². The van der Waals surface area contributed by atoms with E-state index in [2.05, 4.69) is 15.3 Å². The number of anilines is 1. The van der Waals surface area contributed by atoms with Crippen LogP contribution in [0.1, 0.15) is 34.5 Å². The molecule has 2 amide bonds. The van der Waals surface area contributed by atoms with Crippen molar-refractivity contribution in [3.8, 4) is 0 Å². The first-order valence-electron chi connectivity index (χ1n) is 9.13. The first kappa shape index (κ1) is 21.3. The Labute approximate surface area is 169 Å². The third-order valence-corrected chi connectivity index (χ3v) is 5.32. The van der Waals surface area contributed by atoms with Crippen molar-refractivity contribution in [3.05, 3.63) is 53.5 Å². The standard InChI is InChI=1S/C19H20F3N5O3/c20-19(21,22)13-3-1-2-12(10-13)18(4-8-27(9-5-18)17(29)30)11-26-16(28)14-15(23)25-7-6-24-14/h1-3,6-7,10H,4-5,8-9,11H2,(H2,23,25)(H,26,28)(H,29,30). The van der Waals surface area contributed by atoms with Gasteiger partial charge < -0.3 is 21.1 Å². The molecule has 0 saturated carbocycles. The minimum atomic E-state index is -4.52. The Kier molecular flexibility index (Phi) is 5.81. The van der Waals surface area contributed by atoms with Gasteiger partial charge in [-0.15, -0.1) is 0 Å². The van der Waals surface area contributed by atoms with Crippen molar-refractivity contribution in [1.29, 1.82) is 0 Å². The highest BCUT2D eigenvalue weighted by molar-refractivity contribution is 5.96. The molecule has 11 heteroatoms. The van der Waals surface area contributed by atoms with Gasteiger partial charge in [-0.25, -0.2) is 14.8 Å². The molecule has 4 N–H and O–H groups in total. The highest BCUT2D eigenvalue weighted by Gasteiger charge is 2.40. The summed E-state index contributed by atoms with van der Waals surface area (Å²) in [5, 5.41) is 11.9. The Bertz CT molecular complexity index is 943. The lowest BCUT2D eigenvalue weighted by Gasteiger charge is -2.41. The predicted molar refractivity (Wildman–Crippen MR) is 101 cm³/mol. The van der Waals surface area contributed by atoms with Crippen molar-refractivity contribution in [1.82, 2.24) is 20.2 Å². The van der Waals surface area contributed by atoms with Gasteiger partial charge in [-0.05, 0) is 24.5 Å². The van der Waals surface area contributed by atoms with E-state index in [1.807, 2.05) is 0 Å². The summed E-state index contributed by atoms with van der Waals surface area (Å²) in [5.74, 6) is -0.670. The van der Waals surface area contributed by atoms with Crippen LogP contribution < -0.4 is 11.1 Å². The van der Waals surface area contributed by atoms with Gasteiger partial charge in [0, 0.05) is 37.4 Å². The van der Waals surface area contributed by atoms with Gasteiger partial charge in [-0.2, -0.15) is 13.2 Å². The number of nitrogen functional groups attached to an aromatic ring is 1. The number of likely N-dealkylation sites (tertiary alicyclic amines) is 1. The number of hydrogen-bond donors (Lipinski definition) is 3. The smallest absolute Gasteiger partial charge is 0.416 e. The van der Waals surface area contributed by atoms with Gasteiger partial charge in [0.25, 0.3) is 5.91 Å². The summed E-state index contributed by atoms with van der Waals surface area (Å²) >= 11 is 0.